The van der Waals surface area contributed by atoms with Crippen molar-refractivity contribution in [2.75, 3.05) is 0 Å². The molecule has 106 valence electrons. The first-order valence-corrected chi connectivity index (χ1v) is 7.44. The molecule has 1 aromatic rings. The van der Waals surface area contributed by atoms with Gasteiger partial charge in [0.05, 0.1) is 5.60 Å². The summed E-state index contributed by atoms with van der Waals surface area (Å²) in [6.07, 6.45) is 5.71. The van der Waals surface area contributed by atoms with Crippen molar-refractivity contribution in [2.45, 2.75) is 58.5 Å². The highest BCUT2D eigenvalue weighted by atomic mass is 19.1. The molecule has 0 radical (unpaired) electrons. The molecule has 1 saturated carbocycles. The summed E-state index contributed by atoms with van der Waals surface area (Å²) in [5.41, 5.74) is 0.439. The number of hydrogen-bond acceptors (Lipinski definition) is 1. The van der Waals surface area contributed by atoms with E-state index in [9.17, 15) is 9.50 Å². The molecule has 19 heavy (non-hydrogen) atoms. The van der Waals surface area contributed by atoms with Crippen molar-refractivity contribution >= 4 is 0 Å². The summed E-state index contributed by atoms with van der Waals surface area (Å²) in [6, 6.07) is 5.14. The molecule has 0 saturated heterocycles. The zero-order chi connectivity index (χ0) is 14.0. The number of aliphatic hydroxyl groups is 1. The molecule has 1 aliphatic carbocycles. The van der Waals surface area contributed by atoms with E-state index in [2.05, 4.69) is 6.92 Å². The summed E-state index contributed by atoms with van der Waals surface area (Å²) >= 11 is 0. The molecule has 1 fully saturated rings. The summed E-state index contributed by atoms with van der Waals surface area (Å²) in [5.74, 6) is 0.731. The van der Waals surface area contributed by atoms with Crippen LogP contribution < -0.4 is 0 Å². The Morgan fingerprint density at radius 1 is 1.37 bits per heavy atom. The minimum Gasteiger partial charge on any atom is -0.385 e. The van der Waals surface area contributed by atoms with E-state index in [1.54, 1.807) is 13.0 Å². The first-order chi connectivity index (χ1) is 8.95. The number of aryl methyl sites for hydroxylation is 1. The molecule has 1 N–H and O–H groups in total. The molecule has 0 heterocycles. The van der Waals surface area contributed by atoms with Gasteiger partial charge < -0.3 is 5.11 Å². The molecule has 2 rings (SSSR count). The molecular formula is C17H25FO. The van der Waals surface area contributed by atoms with E-state index < -0.39 is 5.60 Å². The maximum Gasteiger partial charge on any atom is 0.126 e. The Balaban J connectivity index is 2.22. The zero-order valence-corrected chi connectivity index (χ0v) is 12.2. The number of rotatable bonds is 3. The molecule has 0 bridgehead atoms. The van der Waals surface area contributed by atoms with Gasteiger partial charge in [0.25, 0.3) is 0 Å². The molecule has 1 aromatic carbocycles. The van der Waals surface area contributed by atoms with E-state index >= 15 is 0 Å². The van der Waals surface area contributed by atoms with Crippen LogP contribution in [0.2, 0.25) is 0 Å². The van der Waals surface area contributed by atoms with Crippen molar-refractivity contribution in [3.8, 4) is 0 Å². The van der Waals surface area contributed by atoms with E-state index in [4.69, 9.17) is 0 Å². The maximum atomic E-state index is 13.7. The highest BCUT2D eigenvalue weighted by Gasteiger charge is 2.37. The molecule has 1 aliphatic rings. The van der Waals surface area contributed by atoms with Gasteiger partial charge in [-0.1, -0.05) is 38.3 Å². The Morgan fingerprint density at radius 3 is 2.74 bits per heavy atom. The predicted octanol–water partition coefficient (Wildman–Crippen LogP) is 4.56. The van der Waals surface area contributed by atoms with Gasteiger partial charge in [-0.3, -0.25) is 0 Å². The molecule has 0 amide bonds. The summed E-state index contributed by atoms with van der Waals surface area (Å²) in [6.45, 7) is 5.81. The molecule has 0 aromatic heterocycles. The second-order valence-electron chi connectivity index (χ2n) is 6.25. The van der Waals surface area contributed by atoms with Crippen LogP contribution in [0.3, 0.4) is 0 Å². The summed E-state index contributed by atoms with van der Waals surface area (Å²) in [7, 11) is 0. The van der Waals surface area contributed by atoms with Crippen LogP contribution >= 0.6 is 0 Å². The standard InChI is InChI=1S/C17H25FO/c1-4-13-6-5-7-14(10-13)17(3,19)15-9-8-12(2)16(18)11-15/h8-9,11,13-14,19H,4-7,10H2,1-3H3. The minimum atomic E-state index is -0.914. The van der Waals surface area contributed by atoms with Crippen LogP contribution in [0.5, 0.6) is 0 Å². The van der Waals surface area contributed by atoms with Crippen molar-refractivity contribution in [1.82, 2.24) is 0 Å². The quantitative estimate of drug-likeness (QED) is 0.848. The van der Waals surface area contributed by atoms with Gasteiger partial charge in [-0.2, -0.15) is 0 Å². The molecule has 3 atom stereocenters. The third-order valence-corrected chi connectivity index (χ3v) is 4.91. The number of halogens is 1. The Labute approximate surface area is 115 Å². The Kier molecular flexibility index (Phi) is 4.29. The average Bonchev–Trinajstić information content (AvgIpc) is 2.41. The third kappa shape index (κ3) is 3.00. The van der Waals surface area contributed by atoms with E-state index in [1.165, 1.54) is 25.3 Å². The van der Waals surface area contributed by atoms with Crippen LogP contribution in [0, 0.1) is 24.6 Å². The van der Waals surface area contributed by atoms with Crippen molar-refractivity contribution in [1.29, 1.82) is 0 Å². The van der Waals surface area contributed by atoms with Gasteiger partial charge in [0.1, 0.15) is 5.82 Å². The van der Waals surface area contributed by atoms with E-state index in [0.717, 1.165) is 18.4 Å². The molecule has 0 spiro atoms. The fraction of sp³-hybridized carbons (Fsp3) is 0.647. The fourth-order valence-corrected chi connectivity index (χ4v) is 3.32. The van der Waals surface area contributed by atoms with Crippen molar-refractivity contribution in [3.05, 3.63) is 35.1 Å². The number of benzene rings is 1. The van der Waals surface area contributed by atoms with Crippen LogP contribution in [0.15, 0.2) is 18.2 Å². The molecular weight excluding hydrogens is 239 g/mol. The first kappa shape index (κ1) is 14.5. The second kappa shape index (κ2) is 5.62. The van der Waals surface area contributed by atoms with Crippen molar-refractivity contribution in [3.63, 3.8) is 0 Å². The highest BCUT2D eigenvalue weighted by molar-refractivity contribution is 5.28. The molecule has 1 nitrogen and oxygen atoms in total. The van der Waals surface area contributed by atoms with Crippen molar-refractivity contribution in [2.24, 2.45) is 11.8 Å². The van der Waals surface area contributed by atoms with Gasteiger partial charge in [-0.15, -0.1) is 0 Å². The predicted molar refractivity (Wildman–Crippen MR) is 76.4 cm³/mol. The largest absolute Gasteiger partial charge is 0.385 e. The topological polar surface area (TPSA) is 20.2 Å². The smallest absolute Gasteiger partial charge is 0.126 e. The SMILES string of the molecule is CCC1CCCC(C(C)(O)c2ccc(C)c(F)c2)C1. The second-order valence-corrected chi connectivity index (χ2v) is 6.25. The number of hydrogen-bond donors (Lipinski definition) is 1. The van der Waals surface area contributed by atoms with Gasteiger partial charge in [-0.05, 0) is 55.7 Å². The van der Waals surface area contributed by atoms with Gasteiger partial charge in [0.2, 0.25) is 0 Å². The molecule has 2 heteroatoms. The summed E-state index contributed by atoms with van der Waals surface area (Å²) < 4.78 is 13.7. The lowest BCUT2D eigenvalue weighted by Crippen LogP contribution is -2.35. The first-order valence-electron chi connectivity index (χ1n) is 7.44. The van der Waals surface area contributed by atoms with E-state index in [-0.39, 0.29) is 11.7 Å². The monoisotopic (exact) mass is 264 g/mol. The van der Waals surface area contributed by atoms with Gasteiger partial charge >= 0.3 is 0 Å². The van der Waals surface area contributed by atoms with Crippen LogP contribution in [0.1, 0.15) is 57.1 Å². The van der Waals surface area contributed by atoms with Crippen LogP contribution in [-0.4, -0.2) is 5.11 Å². The Bertz CT molecular complexity index is 439. The Morgan fingerprint density at radius 2 is 2.11 bits per heavy atom. The van der Waals surface area contributed by atoms with Crippen LogP contribution in [-0.2, 0) is 5.60 Å². The Hall–Kier alpha value is -0.890. The van der Waals surface area contributed by atoms with E-state index in [0.29, 0.717) is 11.5 Å². The lowest BCUT2D eigenvalue weighted by molar-refractivity contribution is -0.0314. The normalized spacial score (nSPS) is 27.0. The van der Waals surface area contributed by atoms with E-state index in [1.807, 2.05) is 13.0 Å². The highest BCUT2D eigenvalue weighted by Crippen LogP contribution is 2.42. The molecule has 3 unspecified atom stereocenters. The summed E-state index contributed by atoms with van der Waals surface area (Å²) in [5, 5.41) is 10.9. The van der Waals surface area contributed by atoms with Gasteiger partial charge in [-0.25, -0.2) is 4.39 Å². The summed E-state index contributed by atoms with van der Waals surface area (Å²) in [4.78, 5) is 0. The molecule has 0 aliphatic heterocycles. The van der Waals surface area contributed by atoms with Gasteiger partial charge in [0, 0.05) is 0 Å². The lowest BCUT2D eigenvalue weighted by Gasteiger charge is -2.39. The lowest BCUT2D eigenvalue weighted by atomic mass is 9.70. The van der Waals surface area contributed by atoms with Gasteiger partial charge in [0.15, 0.2) is 0 Å². The van der Waals surface area contributed by atoms with Crippen LogP contribution in [0.4, 0.5) is 4.39 Å². The maximum absolute atomic E-state index is 13.7. The fourth-order valence-electron chi connectivity index (χ4n) is 3.32. The zero-order valence-electron chi connectivity index (χ0n) is 12.2. The van der Waals surface area contributed by atoms with Crippen molar-refractivity contribution < 1.29 is 9.50 Å². The third-order valence-electron chi connectivity index (χ3n) is 4.91. The minimum absolute atomic E-state index is 0.222. The average molecular weight is 264 g/mol. The van der Waals surface area contributed by atoms with Crippen LogP contribution in [0.25, 0.3) is 0 Å².